The normalized spacial score (nSPS) is 10.4. The fourth-order valence-electron chi connectivity index (χ4n) is 1.77. The maximum atomic E-state index is 11.7. The molecular weight excluding hydrogens is 246 g/mol. The van der Waals surface area contributed by atoms with Crippen LogP contribution in [0.2, 0.25) is 0 Å². The number of hydrogen-bond donors (Lipinski definition) is 1. The molecular formula is C13H15N3O3. The standard InChI is InChI=1S/C13H15N3O3/c1-3-19-12(18)8-11(17)15-13-14-9-6-4-5-7-10(9)16(13)2/h4-7H,3,8H2,1-2H3,(H,14,15,17). The van der Waals surface area contributed by atoms with Gasteiger partial charge in [-0.3, -0.25) is 14.9 Å². The van der Waals surface area contributed by atoms with Crippen LogP contribution in [0.3, 0.4) is 0 Å². The Kier molecular flexibility index (Phi) is 3.79. The van der Waals surface area contributed by atoms with E-state index in [0.717, 1.165) is 11.0 Å². The number of nitrogens with zero attached hydrogens (tertiary/aromatic N) is 2. The van der Waals surface area contributed by atoms with Crippen molar-refractivity contribution in [3.05, 3.63) is 24.3 Å². The quantitative estimate of drug-likeness (QED) is 0.668. The summed E-state index contributed by atoms with van der Waals surface area (Å²) in [6.45, 7) is 1.96. The van der Waals surface area contributed by atoms with Crippen molar-refractivity contribution in [2.75, 3.05) is 11.9 Å². The molecule has 0 aliphatic carbocycles. The molecule has 0 fully saturated rings. The van der Waals surface area contributed by atoms with Gasteiger partial charge in [-0.2, -0.15) is 0 Å². The molecule has 1 amide bonds. The Morgan fingerprint density at radius 2 is 2.11 bits per heavy atom. The van der Waals surface area contributed by atoms with E-state index in [1.807, 2.05) is 24.3 Å². The molecule has 0 saturated heterocycles. The minimum absolute atomic E-state index is 0.262. The van der Waals surface area contributed by atoms with Gasteiger partial charge in [-0.15, -0.1) is 0 Å². The Morgan fingerprint density at radius 1 is 1.37 bits per heavy atom. The van der Waals surface area contributed by atoms with Gasteiger partial charge in [-0.05, 0) is 19.1 Å². The molecule has 2 aromatic rings. The lowest BCUT2D eigenvalue weighted by molar-refractivity contribution is -0.145. The molecule has 0 saturated carbocycles. The number of carbonyl (C=O) groups is 2. The molecule has 6 heteroatoms. The monoisotopic (exact) mass is 261 g/mol. The number of anilines is 1. The SMILES string of the molecule is CCOC(=O)CC(=O)Nc1nc2ccccc2n1C. The largest absolute Gasteiger partial charge is 0.466 e. The number of fused-ring (bicyclic) bond motifs is 1. The molecule has 2 rings (SSSR count). The number of hydrogen-bond acceptors (Lipinski definition) is 4. The van der Waals surface area contributed by atoms with Crippen LogP contribution in [-0.4, -0.2) is 28.0 Å². The highest BCUT2D eigenvalue weighted by Crippen LogP contribution is 2.17. The van der Waals surface area contributed by atoms with E-state index in [4.69, 9.17) is 4.74 Å². The summed E-state index contributed by atoms with van der Waals surface area (Å²) in [7, 11) is 1.80. The maximum Gasteiger partial charge on any atom is 0.315 e. The molecule has 0 spiro atoms. The van der Waals surface area contributed by atoms with Crippen LogP contribution >= 0.6 is 0 Å². The second kappa shape index (κ2) is 5.51. The van der Waals surface area contributed by atoms with Crippen molar-refractivity contribution in [1.82, 2.24) is 9.55 Å². The number of amides is 1. The highest BCUT2D eigenvalue weighted by atomic mass is 16.5. The van der Waals surface area contributed by atoms with E-state index in [2.05, 4.69) is 10.3 Å². The molecule has 1 heterocycles. The molecule has 1 aromatic heterocycles. The summed E-state index contributed by atoms with van der Waals surface area (Å²) in [6, 6.07) is 7.54. The molecule has 0 bridgehead atoms. The van der Waals surface area contributed by atoms with Gasteiger partial charge >= 0.3 is 5.97 Å². The number of aromatic nitrogens is 2. The number of para-hydroxylation sites is 2. The van der Waals surface area contributed by atoms with Crippen LogP contribution in [-0.2, 0) is 21.4 Å². The van der Waals surface area contributed by atoms with E-state index in [1.165, 1.54) is 0 Å². The molecule has 1 aromatic carbocycles. The van der Waals surface area contributed by atoms with Gasteiger partial charge in [0.1, 0.15) is 6.42 Å². The lowest BCUT2D eigenvalue weighted by atomic mass is 10.3. The van der Waals surface area contributed by atoms with Crippen molar-refractivity contribution in [2.45, 2.75) is 13.3 Å². The summed E-state index contributed by atoms with van der Waals surface area (Å²) in [5.74, 6) is -0.564. The van der Waals surface area contributed by atoms with E-state index >= 15 is 0 Å². The van der Waals surface area contributed by atoms with Gasteiger partial charge in [0.2, 0.25) is 11.9 Å². The predicted octanol–water partition coefficient (Wildman–Crippen LogP) is 1.46. The Balaban J connectivity index is 2.11. The lowest BCUT2D eigenvalue weighted by Crippen LogP contribution is -2.19. The van der Waals surface area contributed by atoms with Gasteiger partial charge in [-0.1, -0.05) is 12.1 Å². The summed E-state index contributed by atoms with van der Waals surface area (Å²) in [5, 5.41) is 2.60. The van der Waals surface area contributed by atoms with Crippen LogP contribution in [0.1, 0.15) is 13.3 Å². The topological polar surface area (TPSA) is 73.2 Å². The van der Waals surface area contributed by atoms with Crippen LogP contribution in [0.15, 0.2) is 24.3 Å². The first-order valence-electron chi connectivity index (χ1n) is 5.98. The van der Waals surface area contributed by atoms with Crippen molar-refractivity contribution in [2.24, 2.45) is 7.05 Å². The summed E-state index contributed by atoms with van der Waals surface area (Å²) in [5.41, 5.74) is 1.70. The van der Waals surface area contributed by atoms with Gasteiger partial charge in [0, 0.05) is 7.05 Å². The van der Waals surface area contributed by atoms with E-state index in [9.17, 15) is 9.59 Å². The smallest absolute Gasteiger partial charge is 0.315 e. The first kappa shape index (κ1) is 13.1. The predicted molar refractivity (Wildman–Crippen MR) is 70.6 cm³/mol. The fraction of sp³-hybridized carbons (Fsp3) is 0.308. The highest BCUT2D eigenvalue weighted by Gasteiger charge is 2.14. The lowest BCUT2D eigenvalue weighted by Gasteiger charge is -2.04. The van der Waals surface area contributed by atoms with E-state index < -0.39 is 11.9 Å². The number of carbonyl (C=O) groups excluding carboxylic acids is 2. The van der Waals surface area contributed by atoms with Gasteiger partial charge in [0.25, 0.3) is 0 Å². The third-order valence-corrected chi connectivity index (χ3v) is 2.65. The number of imidazole rings is 1. The second-order valence-corrected chi connectivity index (χ2v) is 4.01. The second-order valence-electron chi connectivity index (χ2n) is 4.01. The van der Waals surface area contributed by atoms with Crippen LogP contribution in [0, 0.1) is 0 Å². The molecule has 6 nitrogen and oxygen atoms in total. The molecule has 100 valence electrons. The average molecular weight is 261 g/mol. The van der Waals surface area contributed by atoms with Crippen molar-refractivity contribution in [3.63, 3.8) is 0 Å². The maximum absolute atomic E-state index is 11.7. The average Bonchev–Trinajstić information content (AvgIpc) is 2.67. The third kappa shape index (κ3) is 2.90. The summed E-state index contributed by atoms with van der Waals surface area (Å²) in [6.07, 6.45) is -0.308. The summed E-state index contributed by atoms with van der Waals surface area (Å²) >= 11 is 0. The van der Waals surface area contributed by atoms with Gasteiger partial charge in [0.05, 0.1) is 17.6 Å². The molecule has 1 N–H and O–H groups in total. The first-order chi connectivity index (χ1) is 9.11. The Morgan fingerprint density at radius 3 is 2.79 bits per heavy atom. The molecule has 0 radical (unpaired) electrons. The molecule has 0 unspecified atom stereocenters. The van der Waals surface area contributed by atoms with Crippen LogP contribution in [0.4, 0.5) is 5.95 Å². The van der Waals surface area contributed by atoms with Crippen LogP contribution in [0.25, 0.3) is 11.0 Å². The number of nitrogens with one attached hydrogen (secondary N) is 1. The minimum atomic E-state index is -0.543. The van der Waals surface area contributed by atoms with E-state index in [1.54, 1.807) is 18.5 Å². The Labute approximate surface area is 110 Å². The molecule has 0 aliphatic rings. The first-order valence-corrected chi connectivity index (χ1v) is 5.98. The zero-order valence-corrected chi connectivity index (χ0v) is 10.8. The van der Waals surface area contributed by atoms with Crippen molar-refractivity contribution < 1.29 is 14.3 Å². The van der Waals surface area contributed by atoms with Crippen molar-refractivity contribution in [3.8, 4) is 0 Å². The van der Waals surface area contributed by atoms with Crippen LogP contribution in [0.5, 0.6) is 0 Å². The zero-order valence-electron chi connectivity index (χ0n) is 10.8. The third-order valence-electron chi connectivity index (χ3n) is 2.65. The molecule has 19 heavy (non-hydrogen) atoms. The van der Waals surface area contributed by atoms with E-state index in [-0.39, 0.29) is 13.0 Å². The number of rotatable bonds is 4. The Bertz CT molecular complexity index is 619. The van der Waals surface area contributed by atoms with Crippen molar-refractivity contribution in [1.29, 1.82) is 0 Å². The molecule has 0 aliphatic heterocycles. The highest BCUT2D eigenvalue weighted by molar-refractivity contribution is 6.01. The fourth-order valence-corrected chi connectivity index (χ4v) is 1.77. The number of ether oxygens (including phenoxy) is 1. The summed E-state index contributed by atoms with van der Waals surface area (Å²) < 4.78 is 6.47. The number of esters is 1. The molecule has 0 atom stereocenters. The van der Waals surface area contributed by atoms with Gasteiger partial charge in [-0.25, -0.2) is 4.98 Å². The minimum Gasteiger partial charge on any atom is -0.466 e. The number of benzene rings is 1. The van der Waals surface area contributed by atoms with Gasteiger partial charge < -0.3 is 9.30 Å². The van der Waals surface area contributed by atoms with Gasteiger partial charge in [0.15, 0.2) is 0 Å². The van der Waals surface area contributed by atoms with Crippen molar-refractivity contribution >= 4 is 28.9 Å². The Hall–Kier alpha value is -2.37. The zero-order chi connectivity index (χ0) is 13.8. The van der Waals surface area contributed by atoms with Crippen LogP contribution < -0.4 is 5.32 Å². The number of aryl methyl sites for hydroxylation is 1. The summed E-state index contributed by atoms with van der Waals surface area (Å²) in [4.78, 5) is 27.1. The van der Waals surface area contributed by atoms with E-state index in [0.29, 0.717) is 5.95 Å².